The summed E-state index contributed by atoms with van der Waals surface area (Å²) in [7, 11) is 1.61. The fourth-order valence-electron chi connectivity index (χ4n) is 3.62. The van der Waals surface area contributed by atoms with Gasteiger partial charge in [0.1, 0.15) is 6.04 Å². The van der Waals surface area contributed by atoms with Crippen molar-refractivity contribution in [2.45, 2.75) is 59.5 Å². The van der Waals surface area contributed by atoms with E-state index in [1.807, 2.05) is 70.2 Å². The number of likely N-dealkylation sites (N-methyl/N-ethyl adjacent to an activating group) is 1. The lowest BCUT2D eigenvalue weighted by atomic mass is 10.1. The molecule has 0 unspecified atom stereocenters. The number of carbonyl (C=O) groups is 2. The van der Waals surface area contributed by atoms with Gasteiger partial charge in [0.15, 0.2) is 11.5 Å². The second-order valence-electron chi connectivity index (χ2n) is 7.69. The Hall–Kier alpha value is -3.02. The molecule has 2 aromatic carbocycles. The van der Waals surface area contributed by atoms with Crippen molar-refractivity contribution in [2.24, 2.45) is 0 Å². The highest BCUT2D eigenvalue weighted by Gasteiger charge is 2.27. The Kier molecular flexibility index (Phi) is 10.1. The average molecular weight is 441 g/mol. The summed E-state index contributed by atoms with van der Waals surface area (Å²) in [4.78, 5) is 27.5. The van der Waals surface area contributed by atoms with Crippen LogP contribution in [-0.4, -0.2) is 43.0 Å². The fraction of sp³-hybridized carbons (Fsp3) is 0.462. The number of carbonyl (C=O) groups excluding carboxylic acids is 2. The topological polar surface area (TPSA) is 67.9 Å². The van der Waals surface area contributed by atoms with Crippen molar-refractivity contribution in [2.75, 3.05) is 20.3 Å². The van der Waals surface area contributed by atoms with Crippen molar-refractivity contribution in [3.05, 3.63) is 59.2 Å². The quantitative estimate of drug-likeness (QED) is 0.535. The first-order valence-corrected chi connectivity index (χ1v) is 11.4. The summed E-state index contributed by atoms with van der Waals surface area (Å²) in [5, 5.41) is 2.70. The van der Waals surface area contributed by atoms with Crippen LogP contribution in [0, 0.1) is 6.92 Å². The van der Waals surface area contributed by atoms with Gasteiger partial charge in [-0.15, -0.1) is 0 Å². The van der Waals surface area contributed by atoms with Crippen LogP contribution >= 0.6 is 0 Å². The zero-order valence-electron chi connectivity index (χ0n) is 19.9. The Morgan fingerprint density at radius 2 is 1.56 bits per heavy atom. The van der Waals surface area contributed by atoms with Gasteiger partial charge in [-0.3, -0.25) is 9.59 Å². The number of rotatable bonds is 12. The van der Waals surface area contributed by atoms with E-state index in [1.54, 1.807) is 11.9 Å². The summed E-state index contributed by atoms with van der Waals surface area (Å²) in [6.07, 6.45) is 1.41. The highest BCUT2D eigenvalue weighted by atomic mass is 16.5. The zero-order chi connectivity index (χ0) is 23.5. The van der Waals surface area contributed by atoms with Crippen LogP contribution in [0.3, 0.4) is 0 Å². The summed E-state index contributed by atoms with van der Waals surface area (Å²) in [5.41, 5.74) is 3.16. The lowest BCUT2D eigenvalue weighted by Gasteiger charge is -2.30. The number of nitrogens with one attached hydrogen (secondary N) is 1. The first kappa shape index (κ1) is 25.2. The van der Waals surface area contributed by atoms with E-state index in [4.69, 9.17) is 9.47 Å². The van der Waals surface area contributed by atoms with Gasteiger partial charge in [-0.05, 0) is 56.9 Å². The van der Waals surface area contributed by atoms with Crippen molar-refractivity contribution in [3.8, 4) is 11.5 Å². The Labute approximate surface area is 191 Å². The molecular formula is C26H36N2O4. The average Bonchev–Trinajstić information content (AvgIpc) is 2.80. The van der Waals surface area contributed by atoms with Gasteiger partial charge in [-0.25, -0.2) is 0 Å². The minimum atomic E-state index is -0.506. The van der Waals surface area contributed by atoms with Gasteiger partial charge in [0, 0.05) is 20.0 Å². The maximum absolute atomic E-state index is 13.3. The number of amides is 2. The van der Waals surface area contributed by atoms with Crippen LogP contribution in [0.1, 0.15) is 50.3 Å². The third-order valence-corrected chi connectivity index (χ3v) is 5.34. The zero-order valence-corrected chi connectivity index (χ0v) is 19.9. The SMILES string of the molecule is CCOc1ccc(CCC(=O)N(Cc2ccc(C)cc2)[C@H](CC)C(=O)NC)cc1OCC. The first-order valence-electron chi connectivity index (χ1n) is 11.4. The van der Waals surface area contributed by atoms with E-state index in [1.165, 1.54) is 0 Å². The molecule has 0 spiro atoms. The molecule has 2 aromatic rings. The summed E-state index contributed by atoms with van der Waals surface area (Å²) in [5.74, 6) is 1.20. The van der Waals surface area contributed by atoms with Gasteiger partial charge in [-0.2, -0.15) is 0 Å². The number of nitrogens with zero attached hydrogens (tertiary/aromatic N) is 1. The molecule has 0 radical (unpaired) electrons. The van der Waals surface area contributed by atoms with Gasteiger partial charge in [0.2, 0.25) is 11.8 Å². The number of hydrogen-bond acceptors (Lipinski definition) is 4. The fourth-order valence-corrected chi connectivity index (χ4v) is 3.62. The van der Waals surface area contributed by atoms with E-state index >= 15 is 0 Å². The number of benzene rings is 2. The molecule has 2 rings (SSSR count). The van der Waals surface area contributed by atoms with Crippen molar-refractivity contribution in [1.29, 1.82) is 0 Å². The van der Waals surface area contributed by atoms with Crippen LogP contribution in [0.25, 0.3) is 0 Å². The molecule has 0 saturated heterocycles. The molecule has 1 N–H and O–H groups in total. The predicted octanol–water partition coefficient (Wildman–Crippen LogP) is 4.28. The highest BCUT2D eigenvalue weighted by Crippen LogP contribution is 2.29. The molecule has 6 nitrogen and oxygen atoms in total. The Morgan fingerprint density at radius 1 is 0.938 bits per heavy atom. The van der Waals surface area contributed by atoms with E-state index < -0.39 is 6.04 Å². The smallest absolute Gasteiger partial charge is 0.242 e. The highest BCUT2D eigenvalue weighted by molar-refractivity contribution is 5.87. The Balaban J connectivity index is 2.19. The first-order chi connectivity index (χ1) is 15.4. The minimum absolute atomic E-state index is 0.0483. The lowest BCUT2D eigenvalue weighted by molar-refractivity contribution is -0.141. The third kappa shape index (κ3) is 7.01. The van der Waals surface area contributed by atoms with Crippen molar-refractivity contribution in [3.63, 3.8) is 0 Å². The van der Waals surface area contributed by atoms with Crippen molar-refractivity contribution >= 4 is 11.8 Å². The van der Waals surface area contributed by atoms with Crippen LogP contribution in [0.4, 0.5) is 0 Å². The molecule has 0 aliphatic carbocycles. The predicted molar refractivity (Wildman–Crippen MR) is 127 cm³/mol. The van der Waals surface area contributed by atoms with E-state index in [9.17, 15) is 9.59 Å². The maximum Gasteiger partial charge on any atom is 0.242 e. The van der Waals surface area contributed by atoms with E-state index in [0.717, 1.165) is 16.7 Å². The van der Waals surface area contributed by atoms with Crippen LogP contribution < -0.4 is 14.8 Å². The molecule has 6 heteroatoms. The van der Waals surface area contributed by atoms with Crippen LogP contribution in [-0.2, 0) is 22.6 Å². The van der Waals surface area contributed by atoms with Gasteiger partial charge < -0.3 is 19.7 Å². The summed E-state index contributed by atoms with van der Waals surface area (Å²) in [6, 6.07) is 13.3. The van der Waals surface area contributed by atoms with Gasteiger partial charge >= 0.3 is 0 Å². The molecule has 0 aliphatic heterocycles. The van der Waals surface area contributed by atoms with Gasteiger partial charge in [-0.1, -0.05) is 42.8 Å². The number of hydrogen-bond donors (Lipinski definition) is 1. The second kappa shape index (κ2) is 12.7. The molecule has 0 aliphatic rings. The number of ether oxygens (including phenoxy) is 2. The summed E-state index contributed by atoms with van der Waals surface area (Å²) < 4.78 is 11.3. The van der Waals surface area contributed by atoms with E-state index in [2.05, 4.69) is 5.32 Å². The molecular weight excluding hydrogens is 404 g/mol. The Morgan fingerprint density at radius 3 is 2.16 bits per heavy atom. The van der Waals surface area contributed by atoms with Crippen LogP contribution in [0.5, 0.6) is 11.5 Å². The summed E-state index contributed by atoms with van der Waals surface area (Å²) in [6.45, 7) is 9.31. The molecule has 0 saturated carbocycles. The summed E-state index contributed by atoms with van der Waals surface area (Å²) >= 11 is 0. The molecule has 0 fully saturated rings. The maximum atomic E-state index is 13.3. The second-order valence-corrected chi connectivity index (χ2v) is 7.69. The molecule has 0 bridgehead atoms. The minimum Gasteiger partial charge on any atom is -0.490 e. The van der Waals surface area contributed by atoms with Crippen LogP contribution in [0.2, 0.25) is 0 Å². The van der Waals surface area contributed by atoms with E-state index in [0.29, 0.717) is 50.5 Å². The molecule has 174 valence electrons. The molecule has 0 heterocycles. The number of aryl methyl sites for hydroxylation is 2. The molecule has 32 heavy (non-hydrogen) atoms. The van der Waals surface area contributed by atoms with Crippen molar-refractivity contribution in [1.82, 2.24) is 10.2 Å². The monoisotopic (exact) mass is 440 g/mol. The largest absolute Gasteiger partial charge is 0.490 e. The molecule has 1 atom stereocenters. The van der Waals surface area contributed by atoms with Gasteiger partial charge in [0.05, 0.1) is 13.2 Å². The van der Waals surface area contributed by atoms with E-state index in [-0.39, 0.29) is 11.8 Å². The molecule has 0 aromatic heterocycles. The standard InChI is InChI=1S/C26H36N2O4/c1-6-22(26(30)27-5)28(18-21-11-9-19(4)10-12-21)25(29)16-14-20-13-15-23(31-7-2)24(17-20)32-8-3/h9-13,15,17,22H,6-8,14,16,18H2,1-5H3,(H,27,30)/t22-/m1/s1. The lowest BCUT2D eigenvalue weighted by Crippen LogP contribution is -2.48. The Bertz CT molecular complexity index is 880. The van der Waals surface area contributed by atoms with Gasteiger partial charge in [0.25, 0.3) is 0 Å². The van der Waals surface area contributed by atoms with Crippen molar-refractivity contribution < 1.29 is 19.1 Å². The van der Waals surface area contributed by atoms with Crippen LogP contribution in [0.15, 0.2) is 42.5 Å². The third-order valence-electron chi connectivity index (χ3n) is 5.34. The normalized spacial score (nSPS) is 11.5. The molecule has 2 amide bonds.